The van der Waals surface area contributed by atoms with E-state index < -0.39 is 0 Å². The highest BCUT2D eigenvalue weighted by molar-refractivity contribution is 5.94. The molecule has 0 heterocycles. The van der Waals surface area contributed by atoms with Gasteiger partial charge in [-0.15, -0.1) is 0 Å². The van der Waals surface area contributed by atoms with E-state index in [0.29, 0.717) is 35.0 Å². The molecule has 8 atom stereocenters. The van der Waals surface area contributed by atoms with Gasteiger partial charge in [-0.05, 0) is 97.2 Å². The van der Waals surface area contributed by atoms with Gasteiger partial charge in [0.25, 0.3) is 0 Å². The van der Waals surface area contributed by atoms with Crippen LogP contribution in [-0.4, -0.2) is 17.9 Å². The van der Waals surface area contributed by atoms with Gasteiger partial charge in [0.05, 0.1) is 5.56 Å². The molecule has 1 aromatic rings. The summed E-state index contributed by atoms with van der Waals surface area (Å²) in [6.45, 7) is 12.1. The summed E-state index contributed by atoms with van der Waals surface area (Å²) in [5.74, 6) is 3.57. The fraction of sp³-hybridized carbons (Fsp3) is 0.706. The van der Waals surface area contributed by atoms with E-state index in [1.54, 1.807) is 0 Å². The molecule has 3 saturated carbocycles. The van der Waals surface area contributed by atoms with E-state index in [4.69, 9.17) is 4.74 Å². The SMILES string of the molecule is CC(C)CCC[C@@H](C)C1CC[C@H]2[C@@H]3C(=O)C=C4C[C@@H](OC(=O)c5ccccc5)CC[C@]4(C)[C@H]3CC[C@]12C. The van der Waals surface area contributed by atoms with Gasteiger partial charge in [-0.3, -0.25) is 4.79 Å². The minimum Gasteiger partial charge on any atom is -0.458 e. The van der Waals surface area contributed by atoms with Gasteiger partial charge in [-0.25, -0.2) is 4.79 Å². The van der Waals surface area contributed by atoms with Crippen molar-refractivity contribution in [2.45, 2.75) is 105 Å². The lowest BCUT2D eigenvalue weighted by Crippen LogP contribution is -2.53. The monoisotopic (exact) mass is 504 g/mol. The largest absolute Gasteiger partial charge is 0.458 e. The quantitative estimate of drug-likeness (QED) is 0.350. The number of allylic oxidation sites excluding steroid dienone is 1. The number of rotatable bonds is 7. The Hall–Kier alpha value is -1.90. The molecule has 0 saturated heterocycles. The van der Waals surface area contributed by atoms with Crippen molar-refractivity contribution in [2.75, 3.05) is 0 Å². The Morgan fingerprint density at radius 1 is 0.973 bits per heavy atom. The Bertz CT molecular complexity index is 1020. The fourth-order valence-electron chi connectivity index (χ4n) is 9.29. The summed E-state index contributed by atoms with van der Waals surface area (Å²) in [7, 11) is 0. The van der Waals surface area contributed by atoms with E-state index in [9.17, 15) is 9.59 Å². The molecular formula is C34H48O3. The van der Waals surface area contributed by atoms with Crippen molar-refractivity contribution in [3.63, 3.8) is 0 Å². The van der Waals surface area contributed by atoms with E-state index in [1.807, 2.05) is 36.4 Å². The summed E-state index contributed by atoms with van der Waals surface area (Å²) in [6, 6.07) is 9.26. The van der Waals surface area contributed by atoms with Gasteiger partial charge in [0.2, 0.25) is 0 Å². The van der Waals surface area contributed by atoms with Crippen LogP contribution >= 0.6 is 0 Å². The number of carbonyl (C=O) groups excluding carboxylic acids is 2. The van der Waals surface area contributed by atoms with Crippen LogP contribution in [0.1, 0.15) is 109 Å². The van der Waals surface area contributed by atoms with Crippen LogP contribution < -0.4 is 0 Å². The van der Waals surface area contributed by atoms with E-state index in [-0.39, 0.29) is 23.4 Å². The summed E-state index contributed by atoms with van der Waals surface area (Å²) in [5, 5.41) is 0. The van der Waals surface area contributed by atoms with Gasteiger partial charge in [0.1, 0.15) is 6.10 Å². The number of carbonyl (C=O) groups is 2. The minimum atomic E-state index is -0.247. The van der Waals surface area contributed by atoms with Crippen molar-refractivity contribution in [1.29, 1.82) is 0 Å². The van der Waals surface area contributed by atoms with E-state index >= 15 is 0 Å². The number of ether oxygens (including phenoxy) is 1. The lowest BCUT2D eigenvalue weighted by Gasteiger charge is -2.57. The zero-order valence-corrected chi connectivity index (χ0v) is 23.8. The lowest BCUT2D eigenvalue weighted by atomic mass is 9.46. The van der Waals surface area contributed by atoms with Crippen molar-refractivity contribution < 1.29 is 14.3 Å². The molecule has 5 rings (SSSR count). The molecule has 3 heteroatoms. The van der Waals surface area contributed by atoms with Gasteiger partial charge < -0.3 is 4.74 Å². The maximum atomic E-state index is 13.8. The van der Waals surface area contributed by atoms with Gasteiger partial charge in [0, 0.05) is 12.3 Å². The maximum absolute atomic E-state index is 13.8. The van der Waals surface area contributed by atoms with Crippen LogP contribution in [0.2, 0.25) is 0 Å². The number of benzene rings is 1. The smallest absolute Gasteiger partial charge is 0.338 e. The summed E-state index contributed by atoms with van der Waals surface area (Å²) in [5.41, 5.74) is 2.22. The molecule has 0 spiro atoms. The fourth-order valence-corrected chi connectivity index (χ4v) is 9.29. The van der Waals surface area contributed by atoms with Crippen LogP contribution in [0.15, 0.2) is 42.0 Å². The highest BCUT2D eigenvalue weighted by Crippen LogP contribution is 2.66. The minimum absolute atomic E-state index is 0.0660. The van der Waals surface area contributed by atoms with Crippen LogP contribution in [0, 0.1) is 46.3 Å². The van der Waals surface area contributed by atoms with Crippen LogP contribution in [-0.2, 0) is 9.53 Å². The van der Waals surface area contributed by atoms with Crippen LogP contribution in [0.25, 0.3) is 0 Å². The summed E-state index contributed by atoms with van der Waals surface area (Å²) in [4.78, 5) is 26.5. The number of hydrogen-bond acceptors (Lipinski definition) is 3. The maximum Gasteiger partial charge on any atom is 0.338 e. The van der Waals surface area contributed by atoms with Crippen molar-refractivity contribution in [3.05, 3.63) is 47.5 Å². The van der Waals surface area contributed by atoms with Crippen molar-refractivity contribution in [2.24, 2.45) is 46.3 Å². The normalized spacial score (nSPS) is 37.8. The van der Waals surface area contributed by atoms with E-state index in [1.165, 1.54) is 50.5 Å². The molecule has 0 aromatic heterocycles. The van der Waals surface area contributed by atoms with Gasteiger partial charge in [-0.1, -0.05) is 77.7 Å². The third-order valence-corrected chi connectivity index (χ3v) is 11.4. The highest BCUT2D eigenvalue weighted by atomic mass is 16.5. The van der Waals surface area contributed by atoms with Crippen LogP contribution in [0.5, 0.6) is 0 Å². The first-order valence-corrected chi connectivity index (χ1v) is 15.1. The molecule has 37 heavy (non-hydrogen) atoms. The molecule has 0 N–H and O–H groups in total. The molecule has 0 bridgehead atoms. The van der Waals surface area contributed by atoms with E-state index in [0.717, 1.165) is 30.6 Å². The molecule has 0 amide bonds. The predicted octanol–water partition coefficient (Wildman–Crippen LogP) is 8.43. The zero-order valence-electron chi connectivity index (χ0n) is 23.8. The zero-order chi connectivity index (χ0) is 26.4. The number of esters is 1. The van der Waals surface area contributed by atoms with Gasteiger partial charge in [0.15, 0.2) is 5.78 Å². The van der Waals surface area contributed by atoms with Crippen molar-refractivity contribution in [1.82, 2.24) is 0 Å². The van der Waals surface area contributed by atoms with E-state index in [2.05, 4.69) is 34.6 Å². The lowest BCUT2D eigenvalue weighted by molar-refractivity contribution is -0.135. The summed E-state index contributed by atoms with van der Waals surface area (Å²) >= 11 is 0. The summed E-state index contributed by atoms with van der Waals surface area (Å²) < 4.78 is 5.92. The molecule has 202 valence electrons. The number of ketones is 1. The molecule has 4 aliphatic rings. The third kappa shape index (κ3) is 4.85. The van der Waals surface area contributed by atoms with Gasteiger partial charge in [-0.2, -0.15) is 0 Å². The second-order valence-corrected chi connectivity index (χ2v) is 13.9. The molecule has 0 radical (unpaired) electrons. The molecule has 3 nitrogen and oxygen atoms in total. The Morgan fingerprint density at radius 2 is 1.73 bits per heavy atom. The van der Waals surface area contributed by atoms with Gasteiger partial charge >= 0.3 is 5.97 Å². The Morgan fingerprint density at radius 3 is 2.46 bits per heavy atom. The standard InChI is InChI=1S/C34H48O3/c1-22(2)10-9-11-23(3)27-14-15-28-31-29(17-19-34(27,28)5)33(4)18-16-26(20-25(33)21-30(31)35)37-32(36)24-12-7-6-8-13-24/h6-8,12-13,21-23,26-29,31H,9-11,14-20H2,1-5H3/t23-,26+,27?,28+,29+,31+,33+,34-/m1/s1. The average molecular weight is 505 g/mol. The average Bonchev–Trinajstić information content (AvgIpc) is 3.22. The highest BCUT2D eigenvalue weighted by Gasteiger charge is 2.61. The third-order valence-electron chi connectivity index (χ3n) is 11.4. The Balaban J connectivity index is 1.30. The first-order chi connectivity index (χ1) is 17.6. The van der Waals surface area contributed by atoms with Crippen molar-refractivity contribution >= 4 is 11.8 Å². The summed E-state index contributed by atoms with van der Waals surface area (Å²) in [6.07, 6.45) is 13.4. The molecular weight excluding hydrogens is 456 g/mol. The number of fused-ring (bicyclic) bond motifs is 5. The number of hydrogen-bond donors (Lipinski definition) is 0. The molecule has 3 fully saturated rings. The Labute approximate surface area is 224 Å². The Kier molecular flexibility index (Phi) is 7.46. The van der Waals surface area contributed by atoms with Crippen LogP contribution in [0.3, 0.4) is 0 Å². The molecule has 1 unspecified atom stereocenters. The topological polar surface area (TPSA) is 43.4 Å². The molecule has 0 aliphatic heterocycles. The second kappa shape index (κ2) is 10.3. The first-order valence-electron chi connectivity index (χ1n) is 15.1. The van der Waals surface area contributed by atoms with Crippen LogP contribution in [0.4, 0.5) is 0 Å². The second-order valence-electron chi connectivity index (χ2n) is 13.9. The first kappa shape index (κ1) is 26.7. The predicted molar refractivity (Wildman–Crippen MR) is 149 cm³/mol. The molecule has 4 aliphatic carbocycles. The molecule has 1 aromatic carbocycles. The van der Waals surface area contributed by atoms with Crippen molar-refractivity contribution in [3.8, 4) is 0 Å².